The van der Waals surface area contributed by atoms with Gasteiger partial charge in [0.15, 0.2) is 21.7 Å². The SMILES string of the molecule is Cc1ccc2[nH]c(=[SH]c3nc(Cl)cc(=[SH]c4nnc(-c5cc(C(F)(F)F)cc(C(F)(F)F)c5)[nH]4)[nH]3)oc2c1. The fourth-order valence-electron chi connectivity index (χ4n) is 3.39. The van der Waals surface area contributed by atoms with E-state index in [0.717, 1.165) is 11.1 Å². The minimum atomic E-state index is -4.98. The molecule has 0 bridgehead atoms. The van der Waals surface area contributed by atoms with Gasteiger partial charge in [-0.05, 0) is 42.8 Å². The van der Waals surface area contributed by atoms with E-state index in [-0.39, 0.29) is 22.2 Å². The van der Waals surface area contributed by atoms with Crippen LogP contribution in [-0.4, -0.2) is 30.1 Å². The Morgan fingerprint density at radius 1 is 0.816 bits per heavy atom. The summed E-state index contributed by atoms with van der Waals surface area (Å²) in [4.78, 5) is 13.6. The molecule has 16 heteroatoms. The van der Waals surface area contributed by atoms with Crippen molar-refractivity contribution >= 4 is 45.4 Å². The molecular weight excluding hydrogens is 578 g/mol. The number of H-pyrrole nitrogens is 3. The molecule has 5 aromatic rings. The molecule has 3 N–H and O–H groups in total. The number of halogens is 7. The van der Waals surface area contributed by atoms with Crippen molar-refractivity contribution in [1.82, 2.24) is 30.1 Å². The first-order valence-corrected chi connectivity index (χ1v) is 12.7. The molecule has 0 aliphatic carbocycles. The first kappa shape index (κ1) is 26.3. The average molecular weight is 593 g/mol. The lowest BCUT2D eigenvalue weighted by atomic mass is 10.0. The third-order valence-corrected chi connectivity index (χ3v) is 6.98. The first-order chi connectivity index (χ1) is 17.8. The lowest BCUT2D eigenvalue weighted by Gasteiger charge is -2.13. The van der Waals surface area contributed by atoms with Gasteiger partial charge in [-0.1, -0.05) is 29.0 Å². The molecule has 0 unspecified atom stereocenters. The van der Waals surface area contributed by atoms with Gasteiger partial charge < -0.3 is 19.4 Å². The highest BCUT2D eigenvalue weighted by Crippen LogP contribution is 2.38. The fraction of sp³-hybridized carbons (Fsp3) is 0.136. The van der Waals surface area contributed by atoms with Gasteiger partial charge in [0.2, 0.25) is 4.84 Å². The molecule has 0 amide bonds. The number of fused-ring (bicyclic) bond motifs is 1. The fourth-order valence-corrected chi connectivity index (χ4v) is 5.48. The van der Waals surface area contributed by atoms with Crippen LogP contribution in [0.5, 0.6) is 0 Å². The number of aromatic amines is 3. The van der Waals surface area contributed by atoms with Crippen LogP contribution in [0.4, 0.5) is 26.3 Å². The van der Waals surface area contributed by atoms with Crippen molar-refractivity contribution in [3.8, 4) is 11.4 Å². The first-order valence-electron chi connectivity index (χ1n) is 10.5. The highest BCUT2D eigenvalue weighted by Gasteiger charge is 2.37. The van der Waals surface area contributed by atoms with E-state index in [4.69, 9.17) is 16.0 Å². The van der Waals surface area contributed by atoms with Crippen LogP contribution in [0.25, 0.3) is 22.5 Å². The number of alkyl halides is 6. The number of aryl methyl sites for hydroxylation is 1. The zero-order chi connectivity index (χ0) is 27.2. The Morgan fingerprint density at radius 3 is 2.21 bits per heavy atom. The van der Waals surface area contributed by atoms with Crippen molar-refractivity contribution in [2.24, 2.45) is 0 Å². The van der Waals surface area contributed by atoms with Crippen LogP contribution in [0.2, 0.25) is 5.15 Å². The maximum Gasteiger partial charge on any atom is 0.416 e. The summed E-state index contributed by atoms with van der Waals surface area (Å²) in [5, 5.41) is 8.32. The van der Waals surface area contributed by atoms with Crippen LogP contribution in [0.1, 0.15) is 16.7 Å². The van der Waals surface area contributed by atoms with E-state index < -0.39 is 29.0 Å². The second kappa shape index (κ2) is 9.78. The van der Waals surface area contributed by atoms with E-state index in [2.05, 4.69) is 30.1 Å². The van der Waals surface area contributed by atoms with Crippen molar-refractivity contribution in [2.45, 2.75) is 29.6 Å². The Hall–Kier alpha value is -3.30. The zero-order valence-corrected chi connectivity index (χ0v) is 21.4. The van der Waals surface area contributed by atoms with Crippen LogP contribution in [0.3, 0.4) is 0 Å². The number of benzene rings is 2. The molecule has 0 aliphatic rings. The van der Waals surface area contributed by atoms with E-state index in [1.54, 1.807) is 0 Å². The van der Waals surface area contributed by atoms with Gasteiger partial charge in [-0.3, -0.25) is 0 Å². The summed E-state index contributed by atoms with van der Waals surface area (Å²) in [5.74, 6) is -0.255. The van der Waals surface area contributed by atoms with Gasteiger partial charge in [0.25, 0.3) is 0 Å². The molecule has 3 aromatic heterocycles. The normalized spacial score (nSPS) is 14.0. The van der Waals surface area contributed by atoms with Gasteiger partial charge in [0, 0.05) is 11.6 Å². The molecular formula is C22H15ClF6N6OS2. The predicted octanol–water partition coefficient (Wildman–Crippen LogP) is 7.38. The maximum atomic E-state index is 13.2. The zero-order valence-electron chi connectivity index (χ0n) is 18.8. The molecule has 0 aliphatic heterocycles. The molecule has 0 radical (unpaired) electrons. The van der Waals surface area contributed by atoms with E-state index in [1.165, 1.54) is 6.07 Å². The lowest BCUT2D eigenvalue weighted by molar-refractivity contribution is -0.143. The smallest absolute Gasteiger partial charge is 0.416 e. The Morgan fingerprint density at radius 2 is 1.53 bits per heavy atom. The summed E-state index contributed by atoms with van der Waals surface area (Å²) in [6, 6.07) is 8.41. The summed E-state index contributed by atoms with van der Waals surface area (Å²) in [7, 11) is 0. The molecule has 2 aromatic carbocycles. The molecule has 0 saturated carbocycles. The summed E-state index contributed by atoms with van der Waals surface area (Å²) in [5.41, 5.74) is -0.807. The third-order valence-electron chi connectivity index (χ3n) is 5.06. The van der Waals surface area contributed by atoms with Gasteiger partial charge in [-0.25, -0.2) is 4.98 Å². The Labute approximate surface area is 220 Å². The lowest BCUT2D eigenvalue weighted by Crippen LogP contribution is -2.11. The highest BCUT2D eigenvalue weighted by atomic mass is 35.5. The van der Waals surface area contributed by atoms with E-state index in [0.29, 0.717) is 55.1 Å². The Balaban J connectivity index is 1.52. The van der Waals surface area contributed by atoms with Crippen molar-refractivity contribution in [1.29, 1.82) is 0 Å². The second-order valence-electron chi connectivity index (χ2n) is 7.96. The summed E-state index contributed by atoms with van der Waals surface area (Å²) in [6.45, 7) is 1.94. The van der Waals surface area contributed by atoms with Crippen molar-refractivity contribution < 1.29 is 30.8 Å². The van der Waals surface area contributed by atoms with E-state index in [9.17, 15) is 26.3 Å². The monoisotopic (exact) mass is 592 g/mol. The molecule has 0 saturated heterocycles. The highest BCUT2D eigenvalue weighted by molar-refractivity contribution is 7.91. The molecule has 5 rings (SSSR count). The van der Waals surface area contributed by atoms with Crippen molar-refractivity contribution in [3.05, 3.63) is 73.8 Å². The Kier molecular flexibility index (Phi) is 6.77. The number of nitrogens with one attached hydrogen (secondary N) is 3. The number of aromatic nitrogens is 6. The molecule has 0 atom stereocenters. The molecule has 3 heterocycles. The van der Waals surface area contributed by atoms with E-state index >= 15 is 0 Å². The molecule has 7 nitrogen and oxygen atoms in total. The van der Waals surface area contributed by atoms with Gasteiger partial charge in [-0.15, -0.1) is 21.5 Å². The summed E-state index contributed by atoms with van der Waals surface area (Å²) >= 11 is 7.06. The van der Waals surface area contributed by atoms with Gasteiger partial charge in [0.05, 0.1) is 21.3 Å². The number of nitrogens with zero attached hydrogens (tertiary/aromatic N) is 3. The van der Waals surface area contributed by atoms with Gasteiger partial charge in [0.1, 0.15) is 5.15 Å². The number of hydrogen-bond acceptors (Lipinski definition) is 4. The number of hydrogen-bond donors (Lipinski definition) is 5. The number of rotatable bonds is 3. The van der Waals surface area contributed by atoms with Gasteiger partial charge >= 0.3 is 12.4 Å². The minimum Gasteiger partial charge on any atom is -0.433 e. The number of oxazole rings is 1. The van der Waals surface area contributed by atoms with Crippen molar-refractivity contribution in [2.75, 3.05) is 0 Å². The standard InChI is InChI=1S/C22H15ClF6N6OS2/c1-9-2-3-13-14(4-9)36-20(30-13)38-18-31-15(23)8-16(32-18)37-19-33-17(34-35-19)10-5-11(21(24,25)26)7-12(6-10)22(27,28)29/h2-8,30,37-38H,1H3,(H,31,32)(H,33,34,35). The molecule has 0 spiro atoms. The average Bonchev–Trinajstić information content (AvgIpc) is 3.43. The van der Waals surface area contributed by atoms with Crippen LogP contribution in [0, 0.1) is 16.4 Å². The van der Waals surface area contributed by atoms with Crippen LogP contribution >= 0.6 is 34.3 Å². The van der Waals surface area contributed by atoms with Gasteiger partial charge in [-0.2, -0.15) is 26.3 Å². The van der Waals surface area contributed by atoms with Crippen LogP contribution in [-0.2, 0) is 12.4 Å². The predicted molar refractivity (Wildman–Crippen MR) is 132 cm³/mol. The third kappa shape index (κ3) is 5.89. The molecule has 200 valence electrons. The van der Waals surface area contributed by atoms with Crippen molar-refractivity contribution in [3.63, 3.8) is 0 Å². The van der Waals surface area contributed by atoms with Crippen LogP contribution in [0.15, 0.2) is 57.2 Å². The minimum absolute atomic E-state index is 0.0499. The van der Waals surface area contributed by atoms with E-state index in [1.807, 2.05) is 25.1 Å². The molecule has 0 fully saturated rings. The summed E-state index contributed by atoms with van der Waals surface area (Å²) < 4.78 is 85.5. The number of thiol groups is 2. The van der Waals surface area contributed by atoms with Crippen LogP contribution < -0.4 is 0 Å². The summed E-state index contributed by atoms with van der Waals surface area (Å²) in [6.07, 6.45) is -9.96. The largest absolute Gasteiger partial charge is 0.433 e. The topological polar surface area (TPSA) is 99.2 Å². The maximum absolute atomic E-state index is 13.2. The molecule has 38 heavy (non-hydrogen) atoms. The quantitative estimate of drug-likeness (QED) is 0.0496. The Bertz CT molecular complexity index is 1770. The second-order valence-corrected chi connectivity index (χ2v) is 10.5.